The number of hydrogen-bond donors (Lipinski definition) is 2. The molecule has 1 saturated carbocycles. The third-order valence-electron chi connectivity index (χ3n) is 6.14. The Labute approximate surface area is 167 Å². The molecule has 1 heterocycles. The van der Waals surface area contributed by atoms with Gasteiger partial charge in [0.05, 0.1) is 0 Å². The molecular weight excluding hydrogens is 387 g/mol. The first-order valence-corrected chi connectivity index (χ1v) is 9.77. The predicted octanol–water partition coefficient (Wildman–Crippen LogP) is 3.08. The van der Waals surface area contributed by atoms with Crippen LogP contribution in [0.2, 0.25) is 0 Å². The average molecular weight is 415 g/mol. The van der Waals surface area contributed by atoms with Crippen molar-refractivity contribution in [2.45, 2.75) is 71.6 Å². The monoisotopic (exact) mass is 415 g/mol. The number of pyridine rings is 1. The highest BCUT2D eigenvalue weighted by atomic mass is 19.4. The van der Waals surface area contributed by atoms with E-state index in [1.54, 1.807) is 0 Å². The molecule has 1 aliphatic carbocycles. The van der Waals surface area contributed by atoms with Gasteiger partial charge in [-0.1, -0.05) is 27.2 Å². The van der Waals surface area contributed by atoms with E-state index < -0.39 is 41.4 Å². The summed E-state index contributed by atoms with van der Waals surface area (Å²) in [6, 6.07) is 1.18. The molecule has 2 amide bonds. The van der Waals surface area contributed by atoms with Gasteiger partial charge in [-0.15, -0.1) is 0 Å². The van der Waals surface area contributed by atoms with Crippen molar-refractivity contribution in [1.29, 1.82) is 0 Å². The van der Waals surface area contributed by atoms with Gasteiger partial charge in [0.1, 0.15) is 17.8 Å². The second-order valence-electron chi connectivity index (χ2n) is 8.34. The zero-order chi connectivity index (χ0) is 22.0. The Balaban J connectivity index is 2.12. The zero-order valence-corrected chi connectivity index (χ0v) is 16.9. The summed E-state index contributed by atoms with van der Waals surface area (Å²) < 4.78 is 40.0. The first kappa shape index (κ1) is 23.0. The number of nitrogens with two attached hydrogens (primary N) is 1. The van der Waals surface area contributed by atoms with E-state index in [0.29, 0.717) is 12.0 Å². The first-order valence-electron chi connectivity index (χ1n) is 9.77. The van der Waals surface area contributed by atoms with Gasteiger partial charge in [0.2, 0.25) is 5.91 Å². The second-order valence-corrected chi connectivity index (χ2v) is 8.34. The Hall–Kier alpha value is -2.32. The van der Waals surface area contributed by atoms with Gasteiger partial charge in [-0.05, 0) is 49.1 Å². The van der Waals surface area contributed by atoms with Crippen molar-refractivity contribution in [2.75, 3.05) is 0 Å². The molecule has 29 heavy (non-hydrogen) atoms. The van der Waals surface area contributed by atoms with Crippen molar-refractivity contribution in [3.8, 4) is 0 Å². The molecule has 0 aliphatic heterocycles. The zero-order valence-electron chi connectivity index (χ0n) is 16.9. The Morgan fingerprint density at radius 2 is 1.76 bits per heavy atom. The minimum atomic E-state index is -4.85. The molecule has 6 nitrogen and oxygen atoms in total. The van der Waals surface area contributed by atoms with Gasteiger partial charge in [-0.25, -0.2) is 0 Å². The van der Waals surface area contributed by atoms with Crippen molar-refractivity contribution in [1.82, 2.24) is 9.88 Å². The fraction of sp³-hybridized carbons (Fsp3) is 0.650. The van der Waals surface area contributed by atoms with Gasteiger partial charge in [-0.3, -0.25) is 19.0 Å². The molecule has 0 radical (unpaired) electrons. The summed E-state index contributed by atoms with van der Waals surface area (Å²) in [7, 11) is 0. The van der Waals surface area contributed by atoms with E-state index in [2.05, 4.69) is 26.1 Å². The van der Waals surface area contributed by atoms with Gasteiger partial charge in [-0.2, -0.15) is 13.2 Å². The highest BCUT2D eigenvalue weighted by Crippen LogP contribution is 2.40. The standard InChI is InChI=1S/C20H28F3N3O3/c1-4-19(2,3)12-5-7-13(8-6-12)25-16(27)11-26-15(20(21,22)23)10-9-14(17(24)28)18(26)29/h9-10,12-13H,4-8,11H2,1-3H3,(H2,24,28)(H,25,27). The maximum absolute atomic E-state index is 13.3. The minimum Gasteiger partial charge on any atom is -0.365 e. The molecule has 0 spiro atoms. The van der Waals surface area contributed by atoms with Gasteiger partial charge < -0.3 is 11.1 Å². The largest absolute Gasteiger partial charge is 0.431 e. The Bertz CT molecular complexity index is 822. The summed E-state index contributed by atoms with van der Waals surface area (Å²) in [6.07, 6.45) is -0.467. The molecule has 1 aliphatic rings. The van der Waals surface area contributed by atoms with Crippen LogP contribution < -0.4 is 16.6 Å². The van der Waals surface area contributed by atoms with Crippen molar-refractivity contribution in [3.63, 3.8) is 0 Å². The summed E-state index contributed by atoms with van der Waals surface area (Å²) >= 11 is 0. The van der Waals surface area contributed by atoms with Crippen molar-refractivity contribution < 1.29 is 22.8 Å². The molecule has 2 rings (SSSR count). The molecule has 0 saturated heterocycles. The van der Waals surface area contributed by atoms with E-state index in [4.69, 9.17) is 5.73 Å². The van der Waals surface area contributed by atoms with Crippen molar-refractivity contribution in [2.24, 2.45) is 17.1 Å². The molecule has 1 aromatic heterocycles. The summed E-state index contributed by atoms with van der Waals surface area (Å²) in [4.78, 5) is 35.9. The number of amides is 2. The number of carbonyl (C=O) groups excluding carboxylic acids is 2. The van der Waals surface area contributed by atoms with Gasteiger partial charge >= 0.3 is 6.18 Å². The number of hydrogen-bond acceptors (Lipinski definition) is 3. The fourth-order valence-corrected chi connectivity index (χ4v) is 3.90. The molecule has 162 valence electrons. The maximum atomic E-state index is 13.3. The quantitative estimate of drug-likeness (QED) is 0.748. The third kappa shape index (κ3) is 5.39. The van der Waals surface area contributed by atoms with Crippen LogP contribution in [-0.4, -0.2) is 22.4 Å². The van der Waals surface area contributed by atoms with E-state index >= 15 is 0 Å². The van der Waals surface area contributed by atoms with Gasteiger partial charge in [0, 0.05) is 6.04 Å². The van der Waals surface area contributed by atoms with Crippen LogP contribution >= 0.6 is 0 Å². The van der Waals surface area contributed by atoms with E-state index in [0.717, 1.165) is 38.2 Å². The van der Waals surface area contributed by atoms with Crippen LogP contribution in [-0.2, 0) is 17.5 Å². The molecule has 1 fully saturated rings. The molecule has 0 unspecified atom stereocenters. The van der Waals surface area contributed by atoms with E-state index in [9.17, 15) is 27.6 Å². The van der Waals surface area contributed by atoms with Gasteiger partial charge in [0.15, 0.2) is 0 Å². The number of primary amides is 1. The molecule has 1 aromatic rings. The fourth-order valence-electron chi connectivity index (χ4n) is 3.90. The molecule has 0 bridgehead atoms. The first-order chi connectivity index (χ1) is 13.4. The van der Waals surface area contributed by atoms with Crippen LogP contribution in [0.15, 0.2) is 16.9 Å². The summed E-state index contributed by atoms with van der Waals surface area (Å²) in [5, 5.41) is 2.73. The number of aromatic nitrogens is 1. The number of halogens is 3. The maximum Gasteiger partial charge on any atom is 0.431 e. The average Bonchev–Trinajstić information content (AvgIpc) is 2.62. The van der Waals surface area contributed by atoms with Gasteiger partial charge in [0.25, 0.3) is 11.5 Å². The number of nitrogens with zero attached hydrogens (tertiary/aromatic N) is 1. The van der Waals surface area contributed by atoms with Crippen molar-refractivity contribution in [3.05, 3.63) is 33.7 Å². The van der Waals surface area contributed by atoms with E-state index in [1.807, 2.05) is 0 Å². The summed E-state index contributed by atoms with van der Waals surface area (Å²) in [5.74, 6) is -1.31. The topological polar surface area (TPSA) is 94.2 Å². The number of nitrogens with one attached hydrogen (secondary N) is 1. The normalized spacial score (nSPS) is 20.3. The van der Waals surface area contributed by atoms with Crippen LogP contribution in [0.25, 0.3) is 0 Å². The lowest BCUT2D eigenvalue weighted by Gasteiger charge is -2.39. The molecule has 9 heteroatoms. The van der Waals surface area contributed by atoms with Crippen LogP contribution in [0.5, 0.6) is 0 Å². The predicted molar refractivity (Wildman–Crippen MR) is 102 cm³/mol. The lowest BCUT2D eigenvalue weighted by molar-refractivity contribution is -0.144. The Morgan fingerprint density at radius 1 is 1.17 bits per heavy atom. The van der Waals surface area contributed by atoms with Crippen LogP contribution in [0.1, 0.15) is 68.9 Å². The van der Waals surface area contributed by atoms with Crippen LogP contribution in [0.4, 0.5) is 13.2 Å². The molecule has 0 atom stereocenters. The second kappa shape index (κ2) is 8.59. The van der Waals surface area contributed by atoms with E-state index in [-0.39, 0.29) is 16.0 Å². The highest BCUT2D eigenvalue weighted by molar-refractivity contribution is 5.92. The number of rotatable bonds is 6. The number of alkyl halides is 3. The lowest BCUT2D eigenvalue weighted by atomic mass is 9.69. The highest BCUT2D eigenvalue weighted by Gasteiger charge is 2.36. The molecule has 3 N–H and O–H groups in total. The van der Waals surface area contributed by atoms with Crippen LogP contribution in [0, 0.1) is 11.3 Å². The number of carbonyl (C=O) groups is 2. The van der Waals surface area contributed by atoms with E-state index in [1.165, 1.54) is 0 Å². The van der Waals surface area contributed by atoms with Crippen molar-refractivity contribution >= 4 is 11.8 Å². The van der Waals surface area contributed by atoms with Crippen LogP contribution in [0.3, 0.4) is 0 Å². The SMILES string of the molecule is CCC(C)(C)C1CCC(NC(=O)Cn2c(C(F)(F)F)ccc(C(N)=O)c2=O)CC1. The molecule has 0 aromatic carbocycles. The Morgan fingerprint density at radius 3 is 2.24 bits per heavy atom. The summed E-state index contributed by atoms with van der Waals surface area (Å²) in [6.45, 7) is 5.75. The summed E-state index contributed by atoms with van der Waals surface area (Å²) in [5.41, 5.74) is 2.14. The minimum absolute atomic E-state index is 0.143. The Kier molecular flexibility index (Phi) is 6.80. The third-order valence-corrected chi connectivity index (χ3v) is 6.14. The smallest absolute Gasteiger partial charge is 0.365 e. The molecular formula is C20H28F3N3O3. The lowest BCUT2D eigenvalue weighted by Crippen LogP contribution is -2.43.